The number of nitriles is 1. The molecule has 106 valence electrons. The summed E-state index contributed by atoms with van der Waals surface area (Å²) < 4.78 is 0. The molecule has 0 aliphatic carbocycles. The molecule has 2 unspecified atom stereocenters. The first-order valence-electron chi connectivity index (χ1n) is 6.57. The second-order valence-corrected chi connectivity index (χ2v) is 5.78. The van der Waals surface area contributed by atoms with E-state index in [9.17, 15) is 9.90 Å². The number of hydrogen-bond acceptors (Lipinski definition) is 3. The quantitative estimate of drug-likeness (QED) is 0.911. The molecule has 0 spiro atoms. The van der Waals surface area contributed by atoms with Gasteiger partial charge in [-0.15, -0.1) is 0 Å². The minimum absolute atomic E-state index is 0.0998. The molecule has 0 saturated carbocycles. The third kappa shape index (κ3) is 2.17. The van der Waals surface area contributed by atoms with Crippen LogP contribution in [0.3, 0.4) is 0 Å². The van der Waals surface area contributed by atoms with Crippen LogP contribution in [0.5, 0.6) is 0 Å². The second kappa shape index (κ2) is 5.08. The molecule has 2 rings (SSSR count). The normalized spacial score (nSPS) is 25.9. The van der Waals surface area contributed by atoms with E-state index < -0.39 is 5.60 Å². The topological polar surface area (TPSA) is 64.3 Å². The summed E-state index contributed by atoms with van der Waals surface area (Å²) in [5.74, 6) is -0.120. The fraction of sp³-hybridized carbons (Fsp3) is 0.467. The first kappa shape index (κ1) is 14.8. The zero-order valence-electron chi connectivity index (χ0n) is 11.8. The van der Waals surface area contributed by atoms with E-state index in [1.165, 1.54) is 0 Å². The van der Waals surface area contributed by atoms with Gasteiger partial charge in [0.2, 0.25) is 5.91 Å². The Bertz CT molecular complexity index is 605. The van der Waals surface area contributed by atoms with Crippen molar-refractivity contribution in [1.29, 1.82) is 5.26 Å². The lowest BCUT2D eigenvalue weighted by Crippen LogP contribution is -2.43. The number of nitrogens with zero attached hydrogens (tertiary/aromatic N) is 2. The van der Waals surface area contributed by atoms with Crippen molar-refractivity contribution in [2.24, 2.45) is 0 Å². The van der Waals surface area contributed by atoms with Crippen molar-refractivity contribution in [3.63, 3.8) is 0 Å². The summed E-state index contributed by atoms with van der Waals surface area (Å²) in [7, 11) is 0. The number of carbonyl (C=O) groups excluding carboxylic acids is 1. The predicted octanol–water partition coefficient (Wildman–Crippen LogP) is 2.79. The van der Waals surface area contributed by atoms with Crippen LogP contribution in [0.25, 0.3) is 0 Å². The fourth-order valence-corrected chi connectivity index (χ4v) is 3.11. The van der Waals surface area contributed by atoms with Crippen LogP contribution in [-0.4, -0.2) is 22.7 Å². The third-order valence-electron chi connectivity index (χ3n) is 3.93. The lowest BCUT2D eigenvalue weighted by molar-refractivity contribution is -0.118. The van der Waals surface area contributed by atoms with Gasteiger partial charge in [-0.05, 0) is 38.0 Å². The maximum absolute atomic E-state index is 12.2. The maximum Gasteiger partial charge on any atom is 0.230 e. The van der Waals surface area contributed by atoms with Gasteiger partial charge in [0.25, 0.3) is 0 Å². The van der Waals surface area contributed by atoms with Gasteiger partial charge < -0.3 is 10.0 Å². The standard InChI is InChI=1S/C15H17ClN2O2/c1-4-12-15(3,20)7-13(19)18(12)11-6-5-10(8-17)14(16)9(11)2/h5-6,12,20H,4,7H2,1-3H3. The molecule has 1 heterocycles. The van der Waals surface area contributed by atoms with Crippen LogP contribution in [0, 0.1) is 18.3 Å². The van der Waals surface area contributed by atoms with Gasteiger partial charge in [0.1, 0.15) is 6.07 Å². The molecule has 1 aromatic rings. The highest BCUT2D eigenvalue weighted by Crippen LogP contribution is 2.39. The monoisotopic (exact) mass is 292 g/mol. The molecule has 1 N–H and O–H groups in total. The number of anilines is 1. The Labute approximate surface area is 123 Å². The van der Waals surface area contributed by atoms with E-state index in [0.29, 0.717) is 28.3 Å². The first-order chi connectivity index (χ1) is 9.33. The predicted molar refractivity (Wildman–Crippen MR) is 77.7 cm³/mol. The maximum atomic E-state index is 12.2. The molecule has 1 aliphatic heterocycles. The van der Waals surface area contributed by atoms with Crippen molar-refractivity contribution in [3.05, 3.63) is 28.3 Å². The summed E-state index contributed by atoms with van der Waals surface area (Å²) in [6.45, 7) is 5.40. The van der Waals surface area contributed by atoms with Crippen molar-refractivity contribution in [1.82, 2.24) is 0 Å². The summed E-state index contributed by atoms with van der Waals surface area (Å²) in [6, 6.07) is 5.07. The van der Waals surface area contributed by atoms with Crippen molar-refractivity contribution < 1.29 is 9.90 Å². The summed E-state index contributed by atoms with van der Waals surface area (Å²) in [5.41, 5.74) is 0.705. The zero-order chi connectivity index (χ0) is 15.1. The number of hydrogen-bond donors (Lipinski definition) is 1. The highest BCUT2D eigenvalue weighted by molar-refractivity contribution is 6.33. The van der Waals surface area contributed by atoms with E-state index in [0.717, 1.165) is 0 Å². The largest absolute Gasteiger partial charge is 0.387 e. The van der Waals surface area contributed by atoms with E-state index in [4.69, 9.17) is 16.9 Å². The highest BCUT2D eigenvalue weighted by Gasteiger charge is 2.47. The number of rotatable bonds is 2. The van der Waals surface area contributed by atoms with Gasteiger partial charge in [0.05, 0.1) is 28.6 Å². The van der Waals surface area contributed by atoms with E-state index in [2.05, 4.69) is 0 Å². The number of halogens is 1. The minimum Gasteiger partial charge on any atom is -0.387 e. The van der Waals surface area contributed by atoms with E-state index >= 15 is 0 Å². The van der Waals surface area contributed by atoms with Crippen LogP contribution in [0.2, 0.25) is 5.02 Å². The molecule has 1 fully saturated rings. The lowest BCUT2D eigenvalue weighted by Gasteiger charge is -2.31. The molecule has 2 atom stereocenters. The average Bonchev–Trinajstić information content (AvgIpc) is 2.61. The molecule has 4 nitrogen and oxygen atoms in total. The molecule has 1 aromatic carbocycles. The van der Waals surface area contributed by atoms with Gasteiger partial charge in [-0.3, -0.25) is 4.79 Å². The Balaban J connectivity index is 2.54. The SMILES string of the molecule is CCC1N(c2ccc(C#N)c(Cl)c2C)C(=O)CC1(C)O. The van der Waals surface area contributed by atoms with Crippen molar-refractivity contribution in [2.75, 3.05) is 4.90 Å². The second-order valence-electron chi connectivity index (χ2n) is 5.40. The molecule has 20 heavy (non-hydrogen) atoms. The minimum atomic E-state index is -1.04. The molecular weight excluding hydrogens is 276 g/mol. The molecule has 0 bridgehead atoms. The van der Waals surface area contributed by atoms with Crippen LogP contribution < -0.4 is 4.90 Å². The van der Waals surface area contributed by atoms with Crippen LogP contribution in [0.15, 0.2) is 12.1 Å². The molecule has 0 aromatic heterocycles. The summed E-state index contributed by atoms with van der Waals surface area (Å²) in [4.78, 5) is 13.8. The average molecular weight is 293 g/mol. The smallest absolute Gasteiger partial charge is 0.230 e. The van der Waals surface area contributed by atoms with Gasteiger partial charge in [-0.2, -0.15) is 5.26 Å². The van der Waals surface area contributed by atoms with Crippen LogP contribution in [0.1, 0.15) is 37.8 Å². The van der Waals surface area contributed by atoms with E-state index in [-0.39, 0.29) is 18.4 Å². The Morgan fingerprint density at radius 1 is 1.60 bits per heavy atom. The first-order valence-corrected chi connectivity index (χ1v) is 6.95. The van der Waals surface area contributed by atoms with Gasteiger partial charge >= 0.3 is 0 Å². The molecule has 5 heteroatoms. The third-order valence-corrected chi connectivity index (χ3v) is 4.42. The number of benzene rings is 1. The molecular formula is C15H17ClN2O2. The molecule has 1 saturated heterocycles. The molecule has 1 aliphatic rings. The Kier molecular flexibility index (Phi) is 3.77. The number of aliphatic hydroxyl groups is 1. The summed E-state index contributed by atoms with van der Waals surface area (Å²) in [5, 5.41) is 19.7. The van der Waals surface area contributed by atoms with Crippen molar-refractivity contribution in [3.8, 4) is 6.07 Å². The van der Waals surface area contributed by atoms with Crippen LogP contribution in [0.4, 0.5) is 5.69 Å². The van der Waals surface area contributed by atoms with Crippen molar-refractivity contribution >= 4 is 23.2 Å². The highest BCUT2D eigenvalue weighted by atomic mass is 35.5. The number of carbonyl (C=O) groups is 1. The fourth-order valence-electron chi connectivity index (χ4n) is 2.91. The lowest BCUT2D eigenvalue weighted by atomic mass is 9.94. The Morgan fingerprint density at radius 2 is 2.25 bits per heavy atom. The summed E-state index contributed by atoms with van der Waals surface area (Å²) in [6.07, 6.45) is 0.748. The summed E-state index contributed by atoms with van der Waals surface area (Å²) >= 11 is 6.16. The van der Waals surface area contributed by atoms with Gasteiger partial charge in [0.15, 0.2) is 0 Å². The molecule has 1 amide bonds. The zero-order valence-corrected chi connectivity index (χ0v) is 12.5. The van der Waals surface area contributed by atoms with Gasteiger partial charge in [-0.25, -0.2) is 0 Å². The Morgan fingerprint density at radius 3 is 2.80 bits per heavy atom. The van der Waals surface area contributed by atoms with Gasteiger partial charge in [-0.1, -0.05) is 18.5 Å². The number of amides is 1. The van der Waals surface area contributed by atoms with Crippen LogP contribution in [-0.2, 0) is 4.79 Å². The Hall–Kier alpha value is -1.57. The van der Waals surface area contributed by atoms with Crippen LogP contribution >= 0.6 is 11.6 Å². The van der Waals surface area contributed by atoms with E-state index in [1.807, 2.05) is 13.0 Å². The van der Waals surface area contributed by atoms with Gasteiger partial charge in [0, 0.05) is 5.69 Å². The molecule has 0 radical (unpaired) electrons. The van der Waals surface area contributed by atoms with Crippen molar-refractivity contribution in [2.45, 2.75) is 45.3 Å². The van der Waals surface area contributed by atoms with E-state index in [1.54, 1.807) is 30.9 Å².